The van der Waals surface area contributed by atoms with Crippen molar-refractivity contribution in [2.75, 3.05) is 13.2 Å². The molecule has 1 rings (SSSR count). The van der Waals surface area contributed by atoms with E-state index in [0.29, 0.717) is 0 Å². The van der Waals surface area contributed by atoms with Crippen LogP contribution in [0.25, 0.3) is 0 Å². The Morgan fingerprint density at radius 3 is 2.69 bits per heavy atom. The van der Waals surface area contributed by atoms with Crippen LogP contribution in [0.2, 0.25) is 0 Å². The van der Waals surface area contributed by atoms with Crippen LogP contribution < -0.4 is 9.78 Å². The predicted molar refractivity (Wildman–Crippen MR) is 42.5 cm³/mol. The molecule has 1 aromatic rings. The van der Waals surface area contributed by atoms with Crippen LogP contribution in [0.1, 0.15) is 0 Å². The number of hydrogen-bond acceptors (Lipinski definition) is 4. The SMILES string of the molecule is [O-]/C(=N\[n+]1ccccc1)OCCO. The van der Waals surface area contributed by atoms with E-state index in [1.54, 1.807) is 24.5 Å². The molecule has 1 aromatic heterocycles. The van der Waals surface area contributed by atoms with Crippen molar-refractivity contribution in [3.05, 3.63) is 30.6 Å². The average molecular weight is 182 g/mol. The van der Waals surface area contributed by atoms with Crippen molar-refractivity contribution in [1.29, 1.82) is 0 Å². The van der Waals surface area contributed by atoms with E-state index in [2.05, 4.69) is 9.84 Å². The summed E-state index contributed by atoms with van der Waals surface area (Å²) in [6.07, 6.45) is 2.51. The van der Waals surface area contributed by atoms with Gasteiger partial charge in [0.1, 0.15) is 0 Å². The fraction of sp³-hybridized carbons (Fsp3) is 0.250. The smallest absolute Gasteiger partial charge is 0.222 e. The van der Waals surface area contributed by atoms with Crippen LogP contribution in [0, 0.1) is 0 Å². The molecule has 0 aliphatic carbocycles. The third-order valence-electron chi connectivity index (χ3n) is 1.21. The largest absolute Gasteiger partial charge is 0.594 e. The third-order valence-corrected chi connectivity index (χ3v) is 1.21. The molecule has 0 spiro atoms. The second-order valence-corrected chi connectivity index (χ2v) is 2.19. The lowest BCUT2D eigenvalue weighted by Gasteiger charge is -2.07. The Morgan fingerprint density at radius 1 is 1.38 bits per heavy atom. The molecule has 0 amide bonds. The van der Waals surface area contributed by atoms with Gasteiger partial charge in [-0.15, -0.1) is 0 Å². The standard InChI is InChI=1S/C8H10N2O3/c11-6-7-13-8(12)9-10-4-2-1-3-5-10/h1-5,11H,6-7H2. The van der Waals surface area contributed by atoms with Crippen LogP contribution >= 0.6 is 0 Å². The highest BCUT2D eigenvalue weighted by Gasteiger charge is 1.93. The Morgan fingerprint density at radius 2 is 2.08 bits per heavy atom. The van der Waals surface area contributed by atoms with E-state index in [0.717, 1.165) is 0 Å². The molecule has 13 heavy (non-hydrogen) atoms. The maximum atomic E-state index is 10.9. The van der Waals surface area contributed by atoms with Gasteiger partial charge in [-0.25, -0.2) is 0 Å². The van der Waals surface area contributed by atoms with E-state index < -0.39 is 6.08 Å². The number of aliphatic hydroxyl groups is 1. The highest BCUT2D eigenvalue weighted by atomic mass is 16.6. The van der Waals surface area contributed by atoms with Gasteiger partial charge in [0, 0.05) is 23.8 Å². The van der Waals surface area contributed by atoms with Crippen molar-refractivity contribution in [2.45, 2.75) is 0 Å². The Labute approximate surface area is 75.5 Å². The molecular weight excluding hydrogens is 172 g/mol. The summed E-state index contributed by atoms with van der Waals surface area (Å²) in [5.41, 5.74) is 0. The average Bonchev–Trinajstić information content (AvgIpc) is 2.16. The monoisotopic (exact) mass is 182 g/mol. The van der Waals surface area contributed by atoms with Gasteiger partial charge in [-0.3, -0.25) is 0 Å². The zero-order valence-corrected chi connectivity index (χ0v) is 6.96. The first-order chi connectivity index (χ1) is 6.33. The summed E-state index contributed by atoms with van der Waals surface area (Å²) >= 11 is 0. The van der Waals surface area contributed by atoms with Gasteiger partial charge in [-0.05, 0) is 0 Å². The van der Waals surface area contributed by atoms with Crippen LogP contribution in [0.15, 0.2) is 35.7 Å². The van der Waals surface area contributed by atoms with Crippen molar-refractivity contribution in [3.8, 4) is 0 Å². The van der Waals surface area contributed by atoms with Crippen LogP contribution in [0.3, 0.4) is 0 Å². The Balaban J connectivity index is 2.55. The normalized spacial score (nSPS) is 11.3. The summed E-state index contributed by atoms with van der Waals surface area (Å²) in [7, 11) is 0. The molecular formula is C8H10N2O3. The molecule has 0 atom stereocenters. The summed E-state index contributed by atoms with van der Waals surface area (Å²) in [4.78, 5) is 0. The molecule has 0 aliphatic rings. The molecule has 0 fully saturated rings. The van der Waals surface area contributed by atoms with Gasteiger partial charge in [-0.2, -0.15) is 0 Å². The molecule has 0 aliphatic heterocycles. The number of rotatable bonds is 3. The van der Waals surface area contributed by atoms with E-state index >= 15 is 0 Å². The summed E-state index contributed by atoms with van der Waals surface area (Å²) in [5, 5.41) is 22.7. The number of ether oxygens (including phenoxy) is 1. The first kappa shape index (κ1) is 9.47. The topological polar surface area (TPSA) is 68.8 Å². The second kappa shape index (κ2) is 5.10. The fourth-order valence-corrected chi connectivity index (χ4v) is 0.712. The molecule has 0 unspecified atom stereocenters. The molecule has 0 bridgehead atoms. The zero-order valence-electron chi connectivity index (χ0n) is 6.96. The lowest BCUT2D eigenvalue weighted by Crippen LogP contribution is -2.34. The Bertz CT molecular complexity index is 274. The quantitative estimate of drug-likeness (QED) is 0.350. The summed E-state index contributed by atoms with van der Waals surface area (Å²) in [6, 6.07) is 5.29. The molecule has 0 aromatic carbocycles. The number of nitrogens with zero attached hydrogens (tertiary/aromatic N) is 2. The highest BCUT2D eigenvalue weighted by Crippen LogP contribution is 1.77. The molecule has 0 radical (unpaired) electrons. The van der Waals surface area contributed by atoms with Crippen LogP contribution in [0.5, 0.6) is 0 Å². The van der Waals surface area contributed by atoms with E-state index in [9.17, 15) is 5.11 Å². The molecule has 70 valence electrons. The maximum Gasteiger partial charge on any atom is 0.222 e. The minimum atomic E-state index is -0.717. The van der Waals surface area contributed by atoms with E-state index in [1.165, 1.54) is 4.68 Å². The van der Waals surface area contributed by atoms with Gasteiger partial charge in [0.15, 0.2) is 0 Å². The molecule has 1 N–H and O–H groups in total. The van der Waals surface area contributed by atoms with Crippen LogP contribution in [0.4, 0.5) is 0 Å². The van der Waals surface area contributed by atoms with Gasteiger partial charge < -0.3 is 14.9 Å². The molecule has 0 saturated carbocycles. The van der Waals surface area contributed by atoms with Gasteiger partial charge in [0.25, 0.3) is 0 Å². The minimum absolute atomic E-state index is 0.0320. The van der Waals surface area contributed by atoms with Gasteiger partial charge in [0.05, 0.1) is 6.61 Å². The maximum absolute atomic E-state index is 10.9. The fourth-order valence-electron chi connectivity index (χ4n) is 0.712. The van der Waals surface area contributed by atoms with Gasteiger partial charge in [-0.1, -0.05) is 10.7 Å². The van der Waals surface area contributed by atoms with E-state index in [-0.39, 0.29) is 13.2 Å². The van der Waals surface area contributed by atoms with Crippen molar-refractivity contribution in [1.82, 2.24) is 0 Å². The first-order valence-corrected chi connectivity index (χ1v) is 3.79. The highest BCUT2D eigenvalue weighted by molar-refractivity contribution is 5.60. The number of pyridine rings is 1. The third kappa shape index (κ3) is 3.53. The summed E-state index contributed by atoms with van der Waals surface area (Å²) in [6.45, 7) is -0.226. The van der Waals surface area contributed by atoms with Crippen molar-refractivity contribution < 1.29 is 19.6 Å². The minimum Gasteiger partial charge on any atom is -0.594 e. The second-order valence-electron chi connectivity index (χ2n) is 2.19. The lowest BCUT2D eigenvalue weighted by molar-refractivity contribution is -0.682. The summed E-state index contributed by atoms with van der Waals surface area (Å²) < 4.78 is 5.85. The van der Waals surface area contributed by atoms with Crippen LogP contribution in [-0.2, 0) is 4.74 Å². The first-order valence-electron chi connectivity index (χ1n) is 3.79. The zero-order chi connectivity index (χ0) is 9.52. The lowest BCUT2D eigenvalue weighted by atomic mass is 10.5. The van der Waals surface area contributed by atoms with Crippen molar-refractivity contribution in [2.24, 2.45) is 5.10 Å². The number of hydrogen-bond donors (Lipinski definition) is 1. The Hall–Kier alpha value is -1.62. The van der Waals surface area contributed by atoms with Crippen LogP contribution in [-0.4, -0.2) is 24.4 Å². The Kier molecular flexibility index (Phi) is 3.72. The van der Waals surface area contributed by atoms with Gasteiger partial charge in [0.2, 0.25) is 18.5 Å². The molecule has 5 nitrogen and oxygen atoms in total. The van der Waals surface area contributed by atoms with Crippen molar-refractivity contribution in [3.63, 3.8) is 0 Å². The number of aromatic nitrogens is 1. The molecule has 0 saturated heterocycles. The van der Waals surface area contributed by atoms with E-state index in [4.69, 9.17) is 5.11 Å². The molecule has 5 heteroatoms. The predicted octanol–water partition coefficient (Wildman–Crippen LogP) is -1.54. The number of aliphatic hydroxyl groups excluding tert-OH is 1. The van der Waals surface area contributed by atoms with Crippen molar-refractivity contribution >= 4 is 6.08 Å². The summed E-state index contributed by atoms with van der Waals surface area (Å²) in [5.74, 6) is 0. The molecule has 1 heterocycles. The van der Waals surface area contributed by atoms with Gasteiger partial charge >= 0.3 is 0 Å². The van der Waals surface area contributed by atoms with E-state index in [1.807, 2.05) is 6.07 Å².